The highest BCUT2D eigenvalue weighted by atomic mass is 79.9. The maximum atomic E-state index is 11.7. The standard InChI is InChI=1S/C7H6BrN3O5S2/c8-3-1-4-6(2-5(3)17(9,13)14)18(15,16)11-7(12)10-4/h1-2H,(H2,9,13,14)(H2,10,11,12). The monoisotopic (exact) mass is 355 g/mol. The highest BCUT2D eigenvalue weighted by Gasteiger charge is 2.30. The summed E-state index contributed by atoms with van der Waals surface area (Å²) in [6.07, 6.45) is 0. The summed E-state index contributed by atoms with van der Waals surface area (Å²) < 4.78 is 47.6. The van der Waals surface area contributed by atoms with Gasteiger partial charge in [0.05, 0.1) is 10.6 Å². The largest absolute Gasteiger partial charge is 0.333 e. The highest BCUT2D eigenvalue weighted by Crippen LogP contribution is 2.32. The molecular weight excluding hydrogens is 350 g/mol. The predicted molar refractivity (Wildman–Crippen MR) is 64.9 cm³/mol. The molecule has 1 aliphatic heterocycles. The average Bonchev–Trinajstić information content (AvgIpc) is 2.12. The number of primary sulfonamides is 1. The van der Waals surface area contributed by atoms with Crippen LogP contribution in [0.4, 0.5) is 10.5 Å². The lowest BCUT2D eigenvalue weighted by molar-refractivity contribution is 0.256. The lowest BCUT2D eigenvalue weighted by Gasteiger charge is -2.19. The second kappa shape index (κ2) is 3.91. The fraction of sp³-hybridized carbons (Fsp3) is 0. The van der Waals surface area contributed by atoms with Gasteiger partial charge in [0.25, 0.3) is 10.0 Å². The molecule has 11 heteroatoms. The number of carbonyl (C=O) groups excluding carboxylic acids is 1. The molecule has 0 aliphatic carbocycles. The normalized spacial score (nSPS) is 17.6. The summed E-state index contributed by atoms with van der Waals surface area (Å²) in [6.45, 7) is 0. The molecule has 4 N–H and O–H groups in total. The maximum Gasteiger partial charge on any atom is 0.333 e. The number of hydrogen-bond donors (Lipinski definition) is 3. The highest BCUT2D eigenvalue weighted by molar-refractivity contribution is 9.10. The van der Waals surface area contributed by atoms with E-state index < -0.39 is 26.1 Å². The van der Waals surface area contributed by atoms with Gasteiger partial charge in [-0.2, -0.15) is 0 Å². The molecule has 0 saturated heterocycles. The Morgan fingerprint density at radius 1 is 1.28 bits per heavy atom. The first-order valence-corrected chi connectivity index (χ1v) is 8.14. The third-order valence-corrected chi connectivity index (χ3v) is 5.35. The molecule has 1 aliphatic rings. The number of hydrogen-bond acceptors (Lipinski definition) is 5. The second-order valence-electron chi connectivity index (χ2n) is 3.38. The van der Waals surface area contributed by atoms with Crippen LogP contribution in [0.25, 0.3) is 0 Å². The van der Waals surface area contributed by atoms with Gasteiger partial charge in [-0.3, -0.25) is 0 Å². The van der Waals surface area contributed by atoms with Gasteiger partial charge in [-0.05, 0) is 28.1 Å². The molecular formula is C7H6BrN3O5S2. The van der Waals surface area contributed by atoms with Crippen molar-refractivity contribution in [2.24, 2.45) is 5.14 Å². The van der Waals surface area contributed by atoms with Gasteiger partial charge in [0.1, 0.15) is 4.90 Å². The van der Waals surface area contributed by atoms with Crippen LogP contribution in [0.15, 0.2) is 26.4 Å². The van der Waals surface area contributed by atoms with Crippen LogP contribution in [0.2, 0.25) is 0 Å². The van der Waals surface area contributed by atoms with Gasteiger partial charge in [-0.15, -0.1) is 0 Å². The molecule has 1 heterocycles. The van der Waals surface area contributed by atoms with Crippen molar-refractivity contribution in [3.05, 3.63) is 16.6 Å². The summed E-state index contributed by atoms with van der Waals surface area (Å²) in [5.74, 6) is 0. The lowest BCUT2D eigenvalue weighted by atomic mass is 10.3. The van der Waals surface area contributed by atoms with E-state index in [0.717, 1.165) is 12.1 Å². The SMILES string of the molecule is NS(=O)(=O)c1cc2c(cc1Br)NC(=O)NS2(=O)=O. The summed E-state index contributed by atoms with van der Waals surface area (Å²) in [5, 5.41) is 7.19. The Kier molecular flexibility index (Phi) is 2.88. The first-order chi connectivity index (χ1) is 8.11. The van der Waals surface area contributed by atoms with Gasteiger partial charge in [-0.25, -0.2) is 31.5 Å². The van der Waals surface area contributed by atoms with Crippen LogP contribution in [-0.2, 0) is 20.0 Å². The van der Waals surface area contributed by atoms with Crippen molar-refractivity contribution in [3.63, 3.8) is 0 Å². The third-order valence-electron chi connectivity index (χ3n) is 2.11. The molecule has 0 spiro atoms. The number of nitrogens with two attached hydrogens (primary N) is 1. The third kappa shape index (κ3) is 2.21. The van der Waals surface area contributed by atoms with Crippen molar-refractivity contribution in [2.45, 2.75) is 9.79 Å². The molecule has 0 radical (unpaired) electrons. The molecule has 1 aromatic carbocycles. The van der Waals surface area contributed by atoms with Crippen molar-refractivity contribution in [3.8, 4) is 0 Å². The molecule has 0 fully saturated rings. The minimum atomic E-state index is -4.09. The number of urea groups is 1. The Morgan fingerprint density at radius 2 is 1.89 bits per heavy atom. The molecule has 1 aromatic rings. The maximum absolute atomic E-state index is 11.7. The summed E-state index contributed by atoms with van der Waals surface area (Å²) in [6, 6.07) is 1.11. The molecule has 2 rings (SSSR count). The molecule has 0 saturated carbocycles. The number of amides is 2. The molecule has 8 nitrogen and oxygen atoms in total. The van der Waals surface area contributed by atoms with E-state index in [1.165, 1.54) is 0 Å². The van der Waals surface area contributed by atoms with Crippen LogP contribution in [0.1, 0.15) is 0 Å². The zero-order valence-electron chi connectivity index (χ0n) is 8.47. The number of anilines is 1. The zero-order chi connectivity index (χ0) is 13.7. The predicted octanol–water partition coefficient (Wildman–Crippen LogP) is -0.0797. The van der Waals surface area contributed by atoms with E-state index in [0.29, 0.717) is 0 Å². The Hall–Kier alpha value is -1.17. The number of halogens is 1. The van der Waals surface area contributed by atoms with E-state index in [4.69, 9.17) is 5.14 Å². The van der Waals surface area contributed by atoms with Crippen LogP contribution < -0.4 is 15.2 Å². The van der Waals surface area contributed by atoms with Crippen molar-refractivity contribution in [1.82, 2.24) is 4.72 Å². The topological polar surface area (TPSA) is 135 Å². The molecule has 2 amide bonds. The Labute approximate surface area is 111 Å². The minimum Gasteiger partial charge on any atom is -0.306 e. The number of benzene rings is 1. The van der Waals surface area contributed by atoms with Gasteiger partial charge in [0, 0.05) is 4.47 Å². The number of sulfonamides is 2. The summed E-state index contributed by atoms with van der Waals surface area (Å²) in [7, 11) is -8.18. The van der Waals surface area contributed by atoms with E-state index in [1.807, 2.05) is 0 Å². The van der Waals surface area contributed by atoms with Crippen LogP contribution >= 0.6 is 15.9 Å². The summed E-state index contributed by atoms with van der Waals surface area (Å²) in [4.78, 5) is 10.3. The van der Waals surface area contributed by atoms with Crippen molar-refractivity contribution < 1.29 is 21.6 Å². The first kappa shape index (κ1) is 13.3. The quantitative estimate of drug-likeness (QED) is 0.647. The van der Waals surface area contributed by atoms with E-state index in [2.05, 4.69) is 21.2 Å². The fourth-order valence-corrected chi connectivity index (χ4v) is 4.18. The van der Waals surface area contributed by atoms with E-state index in [1.54, 1.807) is 4.72 Å². The summed E-state index contributed by atoms with van der Waals surface area (Å²) in [5.41, 5.74) is -0.0296. The molecule has 0 atom stereocenters. The van der Waals surface area contributed by atoms with Crippen LogP contribution in [0.5, 0.6) is 0 Å². The Bertz CT molecular complexity index is 756. The first-order valence-electron chi connectivity index (χ1n) is 4.31. The van der Waals surface area contributed by atoms with Crippen LogP contribution in [0.3, 0.4) is 0 Å². The lowest BCUT2D eigenvalue weighted by Crippen LogP contribution is -2.39. The molecule has 0 unspecified atom stereocenters. The smallest absolute Gasteiger partial charge is 0.306 e. The van der Waals surface area contributed by atoms with Crippen molar-refractivity contribution in [1.29, 1.82) is 0 Å². The number of carbonyl (C=O) groups is 1. The van der Waals surface area contributed by atoms with Crippen molar-refractivity contribution >= 4 is 47.7 Å². The number of fused-ring (bicyclic) bond motifs is 1. The number of nitrogens with one attached hydrogen (secondary N) is 2. The van der Waals surface area contributed by atoms with Crippen LogP contribution in [0, 0.1) is 0 Å². The zero-order valence-corrected chi connectivity index (χ0v) is 11.7. The van der Waals surface area contributed by atoms with E-state index in [9.17, 15) is 21.6 Å². The van der Waals surface area contributed by atoms with Gasteiger partial charge in [-0.1, -0.05) is 0 Å². The Balaban J connectivity index is 2.81. The van der Waals surface area contributed by atoms with Gasteiger partial charge in [0.15, 0.2) is 0 Å². The number of rotatable bonds is 1. The molecule has 18 heavy (non-hydrogen) atoms. The molecule has 0 aromatic heterocycles. The average molecular weight is 356 g/mol. The van der Waals surface area contributed by atoms with Gasteiger partial charge < -0.3 is 5.32 Å². The Morgan fingerprint density at radius 3 is 2.44 bits per heavy atom. The molecule has 98 valence electrons. The second-order valence-corrected chi connectivity index (χ2v) is 7.42. The van der Waals surface area contributed by atoms with Gasteiger partial charge >= 0.3 is 6.03 Å². The van der Waals surface area contributed by atoms with E-state index >= 15 is 0 Å². The summed E-state index contributed by atoms with van der Waals surface area (Å²) >= 11 is 2.94. The van der Waals surface area contributed by atoms with Crippen molar-refractivity contribution in [2.75, 3.05) is 5.32 Å². The van der Waals surface area contributed by atoms with E-state index in [-0.39, 0.29) is 20.0 Å². The van der Waals surface area contributed by atoms with Gasteiger partial charge in [0.2, 0.25) is 10.0 Å². The molecule has 0 bridgehead atoms. The fourth-order valence-electron chi connectivity index (χ4n) is 1.40. The van der Waals surface area contributed by atoms with Crippen LogP contribution in [-0.4, -0.2) is 22.9 Å². The minimum absolute atomic E-state index is 0.0296.